The molecule has 122 valence electrons. The highest BCUT2D eigenvalue weighted by Crippen LogP contribution is 2.28. The molecule has 1 aliphatic heterocycles. The molecule has 4 nitrogen and oxygen atoms in total. The molecule has 1 aromatic heterocycles. The van der Waals surface area contributed by atoms with Crippen molar-refractivity contribution in [3.8, 4) is 0 Å². The third-order valence-corrected chi connectivity index (χ3v) is 5.76. The lowest BCUT2D eigenvalue weighted by atomic mass is 10.2. The van der Waals surface area contributed by atoms with Gasteiger partial charge in [0.25, 0.3) is 5.91 Å². The number of hydrogen-bond acceptors (Lipinski definition) is 6. The van der Waals surface area contributed by atoms with Crippen LogP contribution in [0.1, 0.15) is 11.3 Å². The number of thiocarbonyl (C=S) groups is 1. The van der Waals surface area contributed by atoms with Crippen LogP contribution in [0.25, 0.3) is 6.08 Å². The molecule has 24 heavy (non-hydrogen) atoms. The highest BCUT2D eigenvalue weighted by molar-refractivity contribution is 8.26. The van der Waals surface area contributed by atoms with E-state index < -0.39 is 0 Å². The first-order chi connectivity index (χ1) is 11.5. The predicted molar refractivity (Wildman–Crippen MR) is 104 cm³/mol. The van der Waals surface area contributed by atoms with Gasteiger partial charge in [-0.2, -0.15) is 0 Å². The SMILES string of the molecule is O=C1NC(=S)SC1=Cc1ccnc(SCc2ccc(Cl)c(Cl)c2)n1. The first-order valence-corrected chi connectivity index (χ1v) is 9.62. The van der Waals surface area contributed by atoms with E-state index in [0.717, 1.165) is 5.56 Å². The number of nitrogens with one attached hydrogen (secondary N) is 1. The van der Waals surface area contributed by atoms with Gasteiger partial charge in [0, 0.05) is 11.9 Å². The Bertz CT molecular complexity index is 858. The summed E-state index contributed by atoms with van der Waals surface area (Å²) in [5.41, 5.74) is 1.68. The Morgan fingerprint density at radius 2 is 2.12 bits per heavy atom. The number of hydrogen-bond donors (Lipinski definition) is 1. The standard InChI is InChI=1S/C15H9Cl2N3OS3/c16-10-2-1-8(5-11(10)17)7-23-14-18-4-3-9(19-14)6-12-13(21)20-15(22)24-12/h1-6H,7H2,(H,20,21,22). The van der Waals surface area contributed by atoms with Gasteiger partial charge in [-0.25, -0.2) is 9.97 Å². The van der Waals surface area contributed by atoms with Gasteiger partial charge in [0.05, 0.1) is 20.6 Å². The Morgan fingerprint density at radius 3 is 2.83 bits per heavy atom. The predicted octanol–water partition coefficient (Wildman–Crippen LogP) is 4.56. The van der Waals surface area contributed by atoms with Crippen LogP contribution in [0.3, 0.4) is 0 Å². The number of rotatable bonds is 4. The van der Waals surface area contributed by atoms with Crippen molar-refractivity contribution in [1.82, 2.24) is 15.3 Å². The summed E-state index contributed by atoms with van der Waals surface area (Å²) >= 11 is 19.6. The molecule has 0 aliphatic carbocycles. The van der Waals surface area contributed by atoms with Crippen LogP contribution in [-0.2, 0) is 10.5 Å². The molecule has 2 heterocycles. The van der Waals surface area contributed by atoms with Crippen LogP contribution in [0.15, 0.2) is 40.5 Å². The second-order valence-corrected chi connectivity index (χ2v) is 8.13. The number of benzene rings is 1. The minimum absolute atomic E-state index is 0.200. The summed E-state index contributed by atoms with van der Waals surface area (Å²) in [7, 11) is 0. The van der Waals surface area contributed by atoms with Crippen LogP contribution in [0.5, 0.6) is 0 Å². The zero-order chi connectivity index (χ0) is 17.1. The van der Waals surface area contributed by atoms with E-state index in [9.17, 15) is 4.79 Å². The van der Waals surface area contributed by atoms with Gasteiger partial charge in [-0.1, -0.05) is 65.0 Å². The minimum atomic E-state index is -0.200. The van der Waals surface area contributed by atoms with E-state index in [2.05, 4.69) is 15.3 Å². The molecular formula is C15H9Cl2N3OS3. The smallest absolute Gasteiger partial charge is 0.263 e. The van der Waals surface area contributed by atoms with Gasteiger partial charge >= 0.3 is 0 Å². The van der Waals surface area contributed by atoms with Gasteiger partial charge < -0.3 is 5.32 Å². The van der Waals surface area contributed by atoms with Gasteiger partial charge in [0.2, 0.25) is 0 Å². The molecule has 0 spiro atoms. The van der Waals surface area contributed by atoms with Gasteiger partial charge in [0.1, 0.15) is 4.32 Å². The van der Waals surface area contributed by atoms with Gasteiger partial charge in [0.15, 0.2) is 5.16 Å². The van der Waals surface area contributed by atoms with E-state index in [0.29, 0.717) is 35.9 Å². The van der Waals surface area contributed by atoms with Gasteiger partial charge in [-0.15, -0.1) is 0 Å². The number of aromatic nitrogens is 2. The molecule has 0 atom stereocenters. The summed E-state index contributed by atoms with van der Waals surface area (Å²) in [6, 6.07) is 7.24. The average molecular weight is 414 g/mol. The highest BCUT2D eigenvalue weighted by atomic mass is 35.5. The van der Waals surface area contributed by atoms with Crippen molar-refractivity contribution < 1.29 is 4.79 Å². The van der Waals surface area contributed by atoms with Crippen molar-refractivity contribution in [1.29, 1.82) is 0 Å². The highest BCUT2D eigenvalue weighted by Gasteiger charge is 2.22. The zero-order valence-electron chi connectivity index (χ0n) is 12.0. The average Bonchev–Trinajstić information content (AvgIpc) is 2.86. The Labute approximate surface area is 162 Å². The summed E-state index contributed by atoms with van der Waals surface area (Å²) < 4.78 is 0.453. The Balaban J connectivity index is 1.71. The van der Waals surface area contributed by atoms with E-state index in [-0.39, 0.29) is 5.91 Å². The number of amides is 1. The van der Waals surface area contributed by atoms with E-state index in [1.165, 1.54) is 23.5 Å². The fraction of sp³-hybridized carbons (Fsp3) is 0.0667. The van der Waals surface area contributed by atoms with Crippen molar-refractivity contribution in [3.05, 3.63) is 56.7 Å². The summed E-state index contributed by atoms with van der Waals surface area (Å²) in [5.74, 6) is 0.463. The number of halogens is 2. The van der Waals surface area contributed by atoms with Crippen LogP contribution >= 0.6 is 58.9 Å². The fourth-order valence-electron chi connectivity index (χ4n) is 1.84. The molecule has 2 aromatic rings. The van der Waals surface area contributed by atoms with Crippen molar-refractivity contribution in [2.75, 3.05) is 0 Å². The van der Waals surface area contributed by atoms with Gasteiger partial charge in [-0.3, -0.25) is 4.79 Å². The maximum atomic E-state index is 11.7. The largest absolute Gasteiger partial charge is 0.307 e. The maximum absolute atomic E-state index is 11.7. The molecule has 9 heteroatoms. The van der Waals surface area contributed by atoms with Crippen LogP contribution < -0.4 is 5.32 Å². The molecule has 3 rings (SSSR count). The Hall–Kier alpha value is -1.12. The first-order valence-electron chi connectivity index (χ1n) is 6.66. The molecule has 1 N–H and O–H groups in total. The maximum Gasteiger partial charge on any atom is 0.263 e. The molecular weight excluding hydrogens is 405 g/mol. The third kappa shape index (κ3) is 4.49. The molecule has 0 saturated carbocycles. The van der Waals surface area contributed by atoms with Crippen molar-refractivity contribution in [3.63, 3.8) is 0 Å². The summed E-state index contributed by atoms with van der Waals surface area (Å²) in [6.45, 7) is 0. The molecule has 0 bridgehead atoms. The lowest BCUT2D eigenvalue weighted by Gasteiger charge is -2.03. The third-order valence-electron chi connectivity index (χ3n) is 2.93. The zero-order valence-corrected chi connectivity index (χ0v) is 15.9. The van der Waals surface area contributed by atoms with Crippen molar-refractivity contribution in [2.24, 2.45) is 0 Å². The molecule has 1 amide bonds. The first kappa shape index (κ1) is 17.7. The summed E-state index contributed by atoms with van der Waals surface area (Å²) in [6.07, 6.45) is 3.36. The van der Waals surface area contributed by atoms with E-state index in [1.54, 1.807) is 24.4 Å². The lowest BCUT2D eigenvalue weighted by molar-refractivity contribution is -0.115. The fourth-order valence-corrected chi connectivity index (χ4v) is 3.97. The number of thioether (sulfide) groups is 2. The molecule has 0 unspecified atom stereocenters. The minimum Gasteiger partial charge on any atom is -0.307 e. The second-order valence-electron chi connectivity index (χ2n) is 4.65. The van der Waals surface area contributed by atoms with Gasteiger partial charge in [-0.05, 0) is 29.8 Å². The molecule has 0 radical (unpaired) electrons. The Kier molecular flexibility index (Phi) is 5.78. The van der Waals surface area contributed by atoms with Crippen molar-refractivity contribution >= 4 is 75.2 Å². The van der Waals surface area contributed by atoms with Crippen LogP contribution in [0.2, 0.25) is 10.0 Å². The molecule has 1 aliphatic rings. The van der Waals surface area contributed by atoms with E-state index in [1.807, 2.05) is 12.1 Å². The normalized spacial score (nSPS) is 15.8. The summed E-state index contributed by atoms with van der Waals surface area (Å²) in [4.78, 5) is 20.9. The van der Waals surface area contributed by atoms with Crippen LogP contribution in [0, 0.1) is 0 Å². The molecule has 1 saturated heterocycles. The molecule has 1 fully saturated rings. The monoisotopic (exact) mass is 413 g/mol. The number of carbonyl (C=O) groups excluding carboxylic acids is 1. The number of carbonyl (C=O) groups is 1. The lowest BCUT2D eigenvalue weighted by Crippen LogP contribution is -2.17. The van der Waals surface area contributed by atoms with Crippen LogP contribution in [-0.4, -0.2) is 20.2 Å². The molecule has 1 aromatic carbocycles. The van der Waals surface area contributed by atoms with Crippen molar-refractivity contribution in [2.45, 2.75) is 10.9 Å². The Morgan fingerprint density at radius 1 is 1.29 bits per heavy atom. The summed E-state index contributed by atoms with van der Waals surface area (Å²) in [5, 5.41) is 4.24. The van der Waals surface area contributed by atoms with E-state index in [4.69, 9.17) is 35.4 Å². The van der Waals surface area contributed by atoms with Crippen LogP contribution in [0.4, 0.5) is 0 Å². The second kappa shape index (κ2) is 7.84. The quantitative estimate of drug-likeness (QED) is 0.343. The van der Waals surface area contributed by atoms with E-state index >= 15 is 0 Å². The topological polar surface area (TPSA) is 54.9 Å². The number of nitrogens with zero attached hydrogens (tertiary/aromatic N) is 2.